The second-order valence-electron chi connectivity index (χ2n) is 6.46. The van der Waals surface area contributed by atoms with E-state index in [9.17, 15) is 4.79 Å². The van der Waals surface area contributed by atoms with Crippen molar-refractivity contribution in [2.24, 2.45) is 0 Å². The molecule has 0 unspecified atom stereocenters. The van der Waals surface area contributed by atoms with Crippen LogP contribution in [0.1, 0.15) is 56.0 Å². The normalized spacial score (nSPS) is 17.0. The molecule has 1 aromatic heterocycles. The fourth-order valence-corrected chi connectivity index (χ4v) is 3.51. The molecule has 0 bridgehead atoms. The molecule has 0 spiro atoms. The number of nitrogens with one attached hydrogen (secondary N) is 1. The summed E-state index contributed by atoms with van der Waals surface area (Å²) in [4.78, 5) is 11.8. The van der Waals surface area contributed by atoms with Crippen LogP contribution in [0, 0.1) is 13.8 Å². The van der Waals surface area contributed by atoms with Gasteiger partial charge in [-0.15, -0.1) is 5.10 Å². The summed E-state index contributed by atoms with van der Waals surface area (Å²) in [6, 6.07) is 6.11. The molecule has 23 heavy (non-hydrogen) atoms. The summed E-state index contributed by atoms with van der Waals surface area (Å²) in [6.07, 6.45) is 5.07. The highest BCUT2D eigenvalue weighted by Crippen LogP contribution is 2.37. The zero-order valence-electron chi connectivity index (χ0n) is 14.0. The van der Waals surface area contributed by atoms with Gasteiger partial charge in [0.1, 0.15) is 5.54 Å². The van der Waals surface area contributed by atoms with Crippen molar-refractivity contribution in [1.82, 2.24) is 25.5 Å². The Bertz CT molecular complexity index is 716. The maximum atomic E-state index is 11.8. The third-order valence-corrected chi connectivity index (χ3v) is 4.82. The second kappa shape index (κ2) is 6.10. The van der Waals surface area contributed by atoms with E-state index in [-0.39, 0.29) is 5.91 Å². The number of aryl methyl sites for hydroxylation is 1. The van der Waals surface area contributed by atoms with E-state index in [1.165, 1.54) is 12.0 Å². The summed E-state index contributed by atoms with van der Waals surface area (Å²) in [5.74, 6) is 0.698. The van der Waals surface area contributed by atoms with E-state index in [0.29, 0.717) is 0 Å². The van der Waals surface area contributed by atoms with E-state index in [4.69, 9.17) is 0 Å². The minimum absolute atomic E-state index is 0.0394. The van der Waals surface area contributed by atoms with Crippen LogP contribution in [0.5, 0.6) is 0 Å². The van der Waals surface area contributed by atoms with Crippen LogP contribution in [0.3, 0.4) is 0 Å². The van der Waals surface area contributed by atoms with Gasteiger partial charge < -0.3 is 5.32 Å². The Morgan fingerprint density at radius 3 is 2.65 bits per heavy atom. The molecule has 1 aromatic carbocycles. The van der Waals surface area contributed by atoms with E-state index < -0.39 is 5.54 Å². The molecule has 6 nitrogen and oxygen atoms in total. The summed E-state index contributed by atoms with van der Waals surface area (Å²) in [6.45, 7) is 5.71. The summed E-state index contributed by atoms with van der Waals surface area (Å²) in [5.41, 5.74) is 2.85. The van der Waals surface area contributed by atoms with Crippen LogP contribution in [-0.2, 0) is 10.3 Å². The average Bonchev–Trinajstić information content (AvgIpc) is 3.00. The topological polar surface area (TPSA) is 72.7 Å². The maximum absolute atomic E-state index is 11.8. The van der Waals surface area contributed by atoms with Gasteiger partial charge in [0.05, 0.1) is 5.69 Å². The van der Waals surface area contributed by atoms with E-state index in [1.807, 2.05) is 12.1 Å². The molecule has 0 atom stereocenters. The van der Waals surface area contributed by atoms with E-state index in [2.05, 4.69) is 40.8 Å². The molecule has 0 radical (unpaired) electrons. The molecule has 0 aliphatic heterocycles. The minimum Gasteiger partial charge on any atom is -0.344 e. The number of hydrogen-bond acceptors (Lipinski definition) is 4. The molecule has 1 aliphatic carbocycles. The zero-order valence-corrected chi connectivity index (χ0v) is 14.0. The SMILES string of the molecule is CC(=O)NC1(c2nnnn2-c2cccc(C)c2C)CCCCC1. The molecule has 122 valence electrons. The number of tetrazole rings is 1. The predicted octanol–water partition coefficient (Wildman–Crippen LogP) is 2.57. The van der Waals surface area contributed by atoms with Crippen LogP contribution in [0.25, 0.3) is 5.69 Å². The van der Waals surface area contributed by atoms with Crippen LogP contribution in [-0.4, -0.2) is 26.1 Å². The quantitative estimate of drug-likeness (QED) is 0.945. The van der Waals surface area contributed by atoms with Crippen molar-refractivity contribution in [3.63, 3.8) is 0 Å². The Labute approximate surface area is 136 Å². The smallest absolute Gasteiger partial charge is 0.217 e. The van der Waals surface area contributed by atoms with Crippen LogP contribution in [0.2, 0.25) is 0 Å². The number of carbonyl (C=O) groups is 1. The Hall–Kier alpha value is -2.24. The molecule has 3 rings (SSSR count). The number of hydrogen-bond donors (Lipinski definition) is 1. The van der Waals surface area contributed by atoms with Crippen LogP contribution in [0.15, 0.2) is 18.2 Å². The Morgan fingerprint density at radius 1 is 1.22 bits per heavy atom. The van der Waals surface area contributed by atoms with Gasteiger partial charge >= 0.3 is 0 Å². The number of benzene rings is 1. The Kier molecular flexibility index (Phi) is 4.15. The third kappa shape index (κ3) is 2.85. The third-order valence-electron chi connectivity index (χ3n) is 4.82. The van der Waals surface area contributed by atoms with Crippen LogP contribution >= 0.6 is 0 Å². The van der Waals surface area contributed by atoms with Gasteiger partial charge in [-0.25, -0.2) is 0 Å². The maximum Gasteiger partial charge on any atom is 0.217 e. The summed E-state index contributed by atoms with van der Waals surface area (Å²) in [5, 5.41) is 15.6. The van der Waals surface area contributed by atoms with Gasteiger partial charge in [-0.2, -0.15) is 4.68 Å². The fourth-order valence-electron chi connectivity index (χ4n) is 3.51. The molecule has 2 aromatic rings. The molecule has 1 aliphatic rings. The molecular formula is C17H23N5O. The first kappa shape index (κ1) is 15.6. The van der Waals surface area contributed by atoms with Crippen molar-refractivity contribution in [2.45, 2.75) is 58.4 Å². The van der Waals surface area contributed by atoms with Crippen LogP contribution < -0.4 is 5.32 Å². The lowest BCUT2D eigenvalue weighted by atomic mass is 9.80. The van der Waals surface area contributed by atoms with Gasteiger partial charge in [0.2, 0.25) is 5.91 Å². The number of aromatic nitrogens is 4. The minimum atomic E-state index is -0.468. The summed E-state index contributed by atoms with van der Waals surface area (Å²) >= 11 is 0. The number of carbonyl (C=O) groups excluding carboxylic acids is 1. The van der Waals surface area contributed by atoms with Gasteiger partial charge in [-0.1, -0.05) is 31.4 Å². The molecule has 6 heteroatoms. The first-order valence-corrected chi connectivity index (χ1v) is 8.18. The highest BCUT2D eigenvalue weighted by atomic mass is 16.1. The van der Waals surface area contributed by atoms with Crippen molar-refractivity contribution < 1.29 is 4.79 Å². The molecule has 1 heterocycles. The lowest BCUT2D eigenvalue weighted by Gasteiger charge is -2.36. The lowest BCUT2D eigenvalue weighted by Crippen LogP contribution is -2.48. The highest BCUT2D eigenvalue weighted by molar-refractivity contribution is 5.74. The summed E-state index contributed by atoms with van der Waals surface area (Å²) < 4.78 is 1.80. The van der Waals surface area contributed by atoms with Crippen molar-refractivity contribution in [3.05, 3.63) is 35.2 Å². The lowest BCUT2D eigenvalue weighted by molar-refractivity contribution is -0.121. The Balaban J connectivity index is 2.11. The average molecular weight is 313 g/mol. The van der Waals surface area contributed by atoms with Gasteiger partial charge in [0, 0.05) is 6.92 Å². The number of rotatable bonds is 3. The van der Waals surface area contributed by atoms with Gasteiger partial charge in [-0.3, -0.25) is 4.79 Å². The molecule has 1 amide bonds. The zero-order chi connectivity index (χ0) is 16.4. The first-order chi connectivity index (χ1) is 11.0. The monoisotopic (exact) mass is 313 g/mol. The number of nitrogens with zero attached hydrogens (tertiary/aromatic N) is 4. The van der Waals surface area contributed by atoms with Crippen LogP contribution in [0.4, 0.5) is 0 Å². The van der Waals surface area contributed by atoms with E-state index >= 15 is 0 Å². The predicted molar refractivity (Wildman–Crippen MR) is 87.2 cm³/mol. The van der Waals surface area contributed by atoms with Crippen molar-refractivity contribution >= 4 is 5.91 Å². The molecule has 1 saturated carbocycles. The van der Waals surface area contributed by atoms with E-state index in [0.717, 1.165) is 42.8 Å². The molecule has 0 saturated heterocycles. The van der Waals surface area contributed by atoms with Gasteiger partial charge in [0.25, 0.3) is 0 Å². The fraction of sp³-hybridized carbons (Fsp3) is 0.529. The number of amides is 1. The molecule has 1 fully saturated rings. The standard InChI is InChI=1S/C17H23N5O/c1-12-8-7-9-15(13(12)2)22-16(19-20-21-22)17(18-14(3)23)10-5-4-6-11-17/h7-9H,4-6,10-11H2,1-3H3,(H,18,23). The van der Waals surface area contributed by atoms with E-state index in [1.54, 1.807) is 11.6 Å². The highest BCUT2D eigenvalue weighted by Gasteiger charge is 2.40. The largest absolute Gasteiger partial charge is 0.344 e. The first-order valence-electron chi connectivity index (χ1n) is 8.18. The molecular weight excluding hydrogens is 290 g/mol. The van der Waals surface area contributed by atoms with Gasteiger partial charge in [0.15, 0.2) is 5.82 Å². The second-order valence-corrected chi connectivity index (χ2v) is 6.46. The van der Waals surface area contributed by atoms with Gasteiger partial charge in [-0.05, 0) is 54.3 Å². The summed E-state index contributed by atoms with van der Waals surface area (Å²) in [7, 11) is 0. The molecule has 1 N–H and O–H groups in total. The van der Waals surface area contributed by atoms with Crippen molar-refractivity contribution in [2.75, 3.05) is 0 Å². The van der Waals surface area contributed by atoms with Crippen molar-refractivity contribution in [3.8, 4) is 5.69 Å². The Morgan fingerprint density at radius 2 is 1.96 bits per heavy atom. The van der Waals surface area contributed by atoms with Crippen molar-refractivity contribution in [1.29, 1.82) is 0 Å².